The Morgan fingerprint density at radius 3 is 2.56 bits per heavy atom. The van der Waals surface area contributed by atoms with E-state index in [4.69, 9.17) is 5.26 Å². The molecule has 0 aromatic heterocycles. The predicted molar refractivity (Wildman–Crippen MR) is 65.0 cm³/mol. The fourth-order valence-corrected chi connectivity index (χ4v) is 2.19. The zero-order valence-electron chi connectivity index (χ0n) is 10.4. The Bertz CT molecular complexity index is 263. The van der Waals surface area contributed by atoms with Gasteiger partial charge in [-0.25, -0.2) is 0 Å². The summed E-state index contributed by atoms with van der Waals surface area (Å²) >= 11 is 0. The Morgan fingerprint density at radius 1 is 1.38 bits per heavy atom. The summed E-state index contributed by atoms with van der Waals surface area (Å²) in [4.78, 5) is 2.41. The van der Waals surface area contributed by atoms with Crippen molar-refractivity contribution in [3.63, 3.8) is 0 Å². The van der Waals surface area contributed by atoms with Gasteiger partial charge in [0.25, 0.3) is 0 Å². The fraction of sp³-hybridized carbons (Fsp3) is 0.923. The van der Waals surface area contributed by atoms with Gasteiger partial charge >= 0.3 is 0 Å². The Kier molecular flexibility index (Phi) is 3.83. The highest BCUT2D eigenvalue weighted by Gasteiger charge is 2.30. The zero-order valence-corrected chi connectivity index (χ0v) is 10.4. The van der Waals surface area contributed by atoms with Crippen molar-refractivity contribution in [3.8, 4) is 6.07 Å². The summed E-state index contributed by atoms with van der Waals surface area (Å²) in [7, 11) is 2.19. The van der Waals surface area contributed by atoms with Crippen molar-refractivity contribution in [1.29, 1.82) is 5.26 Å². The van der Waals surface area contributed by atoms with E-state index in [1.807, 2.05) is 0 Å². The summed E-state index contributed by atoms with van der Waals surface area (Å²) in [5.41, 5.74) is 0. The highest BCUT2D eigenvalue weighted by atomic mass is 15.1. The Hall–Kier alpha value is -0.590. The standard InChI is InChI=1S/C13H23N3/c1-10(11-3-4-11)16(2)8-7-13(9-14)15-12-5-6-12/h10-13,15H,3-8H2,1-2H3. The largest absolute Gasteiger partial charge is 0.303 e. The molecule has 2 unspecified atom stereocenters. The number of hydrogen-bond acceptors (Lipinski definition) is 3. The molecule has 90 valence electrons. The first kappa shape index (κ1) is 11.9. The topological polar surface area (TPSA) is 39.1 Å². The first-order valence-corrected chi connectivity index (χ1v) is 6.56. The summed E-state index contributed by atoms with van der Waals surface area (Å²) in [6.07, 6.45) is 6.26. The minimum Gasteiger partial charge on any atom is -0.303 e. The lowest BCUT2D eigenvalue weighted by molar-refractivity contribution is 0.226. The molecular weight excluding hydrogens is 198 g/mol. The quantitative estimate of drug-likeness (QED) is 0.712. The van der Waals surface area contributed by atoms with Crippen molar-refractivity contribution in [2.75, 3.05) is 13.6 Å². The first-order valence-electron chi connectivity index (χ1n) is 6.56. The van der Waals surface area contributed by atoms with Crippen LogP contribution < -0.4 is 5.32 Å². The average molecular weight is 221 g/mol. The maximum absolute atomic E-state index is 9.04. The Morgan fingerprint density at radius 2 is 2.06 bits per heavy atom. The third-order valence-electron chi connectivity index (χ3n) is 3.94. The molecule has 0 bridgehead atoms. The molecule has 2 rings (SSSR count). The van der Waals surface area contributed by atoms with Gasteiger partial charge in [0.15, 0.2) is 0 Å². The third-order valence-corrected chi connectivity index (χ3v) is 3.94. The van der Waals surface area contributed by atoms with Gasteiger partial charge < -0.3 is 4.90 Å². The third kappa shape index (κ3) is 3.47. The van der Waals surface area contributed by atoms with Crippen molar-refractivity contribution >= 4 is 0 Å². The van der Waals surface area contributed by atoms with E-state index in [0.717, 1.165) is 18.9 Å². The van der Waals surface area contributed by atoms with Crippen LogP contribution in [-0.4, -0.2) is 36.6 Å². The van der Waals surface area contributed by atoms with Gasteiger partial charge in [-0.15, -0.1) is 0 Å². The van der Waals surface area contributed by atoms with Crippen LogP contribution >= 0.6 is 0 Å². The van der Waals surface area contributed by atoms with Gasteiger partial charge in [-0.2, -0.15) is 5.26 Å². The van der Waals surface area contributed by atoms with Gasteiger partial charge in [-0.1, -0.05) is 0 Å². The molecule has 2 aliphatic rings. The summed E-state index contributed by atoms with van der Waals surface area (Å²) < 4.78 is 0. The molecule has 3 heteroatoms. The van der Waals surface area contributed by atoms with Crippen LogP contribution in [0.5, 0.6) is 0 Å². The van der Waals surface area contributed by atoms with Crippen molar-refractivity contribution < 1.29 is 0 Å². The molecule has 0 aromatic carbocycles. The van der Waals surface area contributed by atoms with Crippen molar-refractivity contribution in [2.24, 2.45) is 5.92 Å². The average Bonchev–Trinajstić information content (AvgIpc) is 3.15. The number of nitrogens with zero attached hydrogens (tertiary/aromatic N) is 2. The van der Waals surface area contributed by atoms with Crippen LogP contribution in [0.2, 0.25) is 0 Å². The second-order valence-electron chi connectivity index (χ2n) is 5.47. The van der Waals surface area contributed by atoms with Gasteiger partial charge in [-0.3, -0.25) is 5.32 Å². The van der Waals surface area contributed by atoms with Gasteiger partial charge in [0.2, 0.25) is 0 Å². The normalized spacial score (nSPS) is 24.1. The molecule has 0 aromatic rings. The monoisotopic (exact) mass is 221 g/mol. The minimum atomic E-state index is 0.0568. The number of rotatable bonds is 7. The van der Waals surface area contributed by atoms with Gasteiger partial charge in [0, 0.05) is 18.6 Å². The van der Waals surface area contributed by atoms with E-state index in [-0.39, 0.29) is 6.04 Å². The zero-order chi connectivity index (χ0) is 11.5. The van der Waals surface area contributed by atoms with Crippen LogP contribution in [-0.2, 0) is 0 Å². The molecular formula is C13H23N3. The Balaban J connectivity index is 1.65. The maximum atomic E-state index is 9.04. The Labute approximate surface area is 98.8 Å². The lowest BCUT2D eigenvalue weighted by Gasteiger charge is -2.25. The lowest BCUT2D eigenvalue weighted by atomic mass is 10.1. The van der Waals surface area contributed by atoms with Crippen LogP contribution in [0.3, 0.4) is 0 Å². The molecule has 0 heterocycles. The van der Waals surface area contributed by atoms with Gasteiger partial charge in [-0.05, 0) is 52.0 Å². The minimum absolute atomic E-state index is 0.0568. The second kappa shape index (κ2) is 5.16. The highest BCUT2D eigenvalue weighted by Crippen LogP contribution is 2.34. The molecule has 3 nitrogen and oxygen atoms in total. The number of nitriles is 1. The lowest BCUT2D eigenvalue weighted by Crippen LogP contribution is -2.37. The molecule has 2 fully saturated rings. The highest BCUT2D eigenvalue weighted by molar-refractivity contribution is 4.96. The molecule has 16 heavy (non-hydrogen) atoms. The maximum Gasteiger partial charge on any atom is 0.0967 e. The van der Waals surface area contributed by atoms with Gasteiger partial charge in [0.1, 0.15) is 0 Å². The van der Waals surface area contributed by atoms with E-state index >= 15 is 0 Å². The van der Waals surface area contributed by atoms with Crippen molar-refractivity contribution in [2.45, 2.75) is 57.2 Å². The van der Waals surface area contributed by atoms with E-state index in [9.17, 15) is 0 Å². The molecule has 0 spiro atoms. The van der Waals surface area contributed by atoms with Crippen LogP contribution in [0.1, 0.15) is 39.0 Å². The first-order chi connectivity index (χ1) is 7.70. The van der Waals surface area contributed by atoms with E-state index in [2.05, 4.69) is 30.3 Å². The summed E-state index contributed by atoms with van der Waals surface area (Å²) in [6, 6.07) is 3.76. The number of nitrogens with one attached hydrogen (secondary N) is 1. The molecule has 0 radical (unpaired) electrons. The summed E-state index contributed by atoms with van der Waals surface area (Å²) in [5, 5.41) is 12.4. The van der Waals surface area contributed by atoms with Crippen molar-refractivity contribution in [3.05, 3.63) is 0 Å². The van der Waals surface area contributed by atoms with Crippen LogP contribution in [0, 0.1) is 17.2 Å². The molecule has 2 aliphatic carbocycles. The second-order valence-corrected chi connectivity index (χ2v) is 5.47. The van der Waals surface area contributed by atoms with E-state index < -0.39 is 0 Å². The fourth-order valence-electron chi connectivity index (χ4n) is 2.19. The van der Waals surface area contributed by atoms with Crippen molar-refractivity contribution in [1.82, 2.24) is 10.2 Å². The van der Waals surface area contributed by atoms with E-state index in [0.29, 0.717) is 12.1 Å². The number of hydrogen-bond donors (Lipinski definition) is 1. The predicted octanol–water partition coefficient (Wildman–Crippen LogP) is 1.75. The van der Waals surface area contributed by atoms with E-state index in [1.54, 1.807) is 0 Å². The molecule has 0 aliphatic heterocycles. The summed E-state index contributed by atoms with van der Waals surface area (Å²) in [6.45, 7) is 3.35. The van der Waals surface area contributed by atoms with Gasteiger partial charge in [0.05, 0.1) is 12.1 Å². The summed E-state index contributed by atoms with van der Waals surface area (Å²) in [5.74, 6) is 0.918. The van der Waals surface area contributed by atoms with Crippen LogP contribution in [0.4, 0.5) is 0 Å². The molecule has 2 saturated carbocycles. The van der Waals surface area contributed by atoms with Crippen LogP contribution in [0.15, 0.2) is 0 Å². The smallest absolute Gasteiger partial charge is 0.0967 e. The molecule has 0 amide bonds. The molecule has 2 atom stereocenters. The molecule has 1 N–H and O–H groups in total. The van der Waals surface area contributed by atoms with E-state index in [1.165, 1.54) is 25.7 Å². The molecule has 0 saturated heterocycles. The SMILES string of the molecule is CC(C1CC1)N(C)CCC(C#N)NC1CC1. The van der Waals surface area contributed by atoms with Crippen LogP contribution in [0.25, 0.3) is 0 Å².